The van der Waals surface area contributed by atoms with Gasteiger partial charge in [0.1, 0.15) is 5.76 Å². The summed E-state index contributed by atoms with van der Waals surface area (Å²) in [5.74, 6) is -0.547. The van der Waals surface area contributed by atoms with Crippen LogP contribution in [0.3, 0.4) is 0 Å². The molecule has 0 rings (SSSR count). The first-order chi connectivity index (χ1) is 7.63. The second-order valence-corrected chi connectivity index (χ2v) is 2.51. The van der Waals surface area contributed by atoms with Crippen LogP contribution in [0, 0.1) is 0 Å². The average molecular weight is 226 g/mol. The van der Waals surface area contributed by atoms with Gasteiger partial charge in [0.2, 0.25) is 0 Å². The van der Waals surface area contributed by atoms with Gasteiger partial charge in [0.15, 0.2) is 0 Å². The van der Waals surface area contributed by atoms with Crippen molar-refractivity contribution in [2.45, 2.75) is 0 Å². The summed E-state index contributed by atoms with van der Waals surface area (Å²) in [5.41, 5.74) is 0. The fourth-order valence-corrected chi connectivity index (χ4v) is 0.699. The van der Waals surface area contributed by atoms with Crippen molar-refractivity contribution >= 4 is 11.9 Å². The van der Waals surface area contributed by atoms with Crippen LogP contribution in [0.5, 0.6) is 0 Å². The molecule has 0 heterocycles. The molecule has 88 valence electrons. The van der Waals surface area contributed by atoms with E-state index in [1.54, 1.807) is 0 Å². The third-order valence-electron chi connectivity index (χ3n) is 1.51. The second-order valence-electron chi connectivity index (χ2n) is 2.51. The van der Waals surface area contributed by atoms with E-state index in [1.807, 2.05) is 0 Å². The van der Waals surface area contributed by atoms with Crippen LogP contribution in [-0.4, -0.2) is 33.3 Å². The zero-order chi connectivity index (χ0) is 12.4. The molecule has 0 aromatic carbocycles. The van der Waals surface area contributed by atoms with Gasteiger partial charge in [-0.05, 0) is 12.2 Å². The maximum absolute atomic E-state index is 10.8. The van der Waals surface area contributed by atoms with Gasteiger partial charge >= 0.3 is 11.9 Å². The molecule has 0 unspecified atom stereocenters. The molecule has 5 heteroatoms. The number of methoxy groups -OCH3 is 3. The number of hydrogen-bond donors (Lipinski definition) is 0. The highest BCUT2D eigenvalue weighted by Gasteiger charge is 1.93. The molecule has 0 spiro atoms. The van der Waals surface area contributed by atoms with Crippen LogP contribution in [-0.2, 0) is 23.8 Å². The van der Waals surface area contributed by atoms with E-state index in [9.17, 15) is 9.59 Å². The first-order valence-electron chi connectivity index (χ1n) is 4.40. The molecule has 0 atom stereocenters. The Morgan fingerprint density at radius 1 is 0.812 bits per heavy atom. The van der Waals surface area contributed by atoms with Gasteiger partial charge in [-0.25, -0.2) is 9.59 Å². The third-order valence-corrected chi connectivity index (χ3v) is 1.51. The Kier molecular flexibility index (Phi) is 7.23. The van der Waals surface area contributed by atoms with Gasteiger partial charge in [0.05, 0.1) is 21.3 Å². The predicted octanol–water partition coefficient (Wildman–Crippen LogP) is 0.975. The largest absolute Gasteiger partial charge is 0.497 e. The van der Waals surface area contributed by atoms with Crippen LogP contribution in [0.25, 0.3) is 0 Å². The number of carbonyl (C=O) groups is 2. The van der Waals surface area contributed by atoms with Gasteiger partial charge in [0, 0.05) is 12.2 Å². The molecule has 0 bridgehead atoms. The van der Waals surface area contributed by atoms with E-state index >= 15 is 0 Å². The fraction of sp³-hybridized carbons (Fsp3) is 0.273. The van der Waals surface area contributed by atoms with Crippen molar-refractivity contribution in [3.8, 4) is 0 Å². The highest BCUT2D eigenvalue weighted by molar-refractivity contribution is 5.82. The number of esters is 2. The Bertz CT molecular complexity index is 325. The monoisotopic (exact) mass is 226 g/mol. The Balaban J connectivity index is 4.44. The summed E-state index contributed by atoms with van der Waals surface area (Å²) in [4.78, 5) is 21.5. The standard InChI is InChI=1S/C11H14O5/c1-14-9(7-8-11(13)16-3)5-4-6-10(12)15-2/h4-8H,1-3H3. The van der Waals surface area contributed by atoms with Gasteiger partial charge in [0.25, 0.3) is 0 Å². The van der Waals surface area contributed by atoms with Crippen molar-refractivity contribution in [1.82, 2.24) is 0 Å². The highest BCUT2D eigenvalue weighted by Crippen LogP contribution is 1.98. The van der Waals surface area contributed by atoms with Crippen molar-refractivity contribution in [3.63, 3.8) is 0 Å². The molecule has 16 heavy (non-hydrogen) atoms. The summed E-state index contributed by atoms with van der Waals surface area (Å²) >= 11 is 0. The Hall–Kier alpha value is -2.04. The van der Waals surface area contributed by atoms with Gasteiger partial charge < -0.3 is 14.2 Å². The number of hydrogen-bond acceptors (Lipinski definition) is 5. The van der Waals surface area contributed by atoms with Crippen molar-refractivity contribution in [2.75, 3.05) is 21.3 Å². The summed E-state index contributed by atoms with van der Waals surface area (Å²) in [7, 11) is 4.00. The van der Waals surface area contributed by atoms with Crippen LogP contribution in [0.15, 0.2) is 36.1 Å². The summed E-state index contributed by atoms with van der Waals surface area (Å²) < 4.78 is 13.7. The van der Waals surface area contributed by atoms with Crippen molar-refractivity contribution in [2.24, 2.45) is 0 Å². The normalized spacial score (nSPS) is 11.8. The lowest BCUT2D eigenvalue weighted by Crippen LogP contribution is -1.95. The zero-order valence-corrected chi connectivity index (χ0v) is 9.43. The topological polar surface area (TPSA) is 61.8 Å². The summed E-state index contributed by atoms with van der Waals surface area (Å²) in [5, 5.41) is 0. The minimum absolute atomic E-state index is 0.408. The van der Waals surface area contributed by atoms with Gasteiger partial charge in [-0.3, -0.25) is 0 Å². The van der Waals surface area contributed by atoms with E-state index < -0.39 is 11.9 Å². The summed E-state index contributed by atoms with van der Waals surface area (Å²) in [6.45, 7) is 0. The number of rotatable bonds is 5. The molecule has 0 saturated carbocycles. The van der Waals surface area contributed by atoms with Crippen LogP contribution in [0.1, 0.15) is 0 Å². The predicted molar refractivity (Wildman–Crippen MR) is 57.4 cm³/mol. The Labute approximate surface area is 94.0 Å². The molecular formula is C11H14O5. The van der Waals surface area contributed by atoms with Gasteiger partial charge in [-0.1, -0.05) is 6.08 Å². The molecule has 0 aromatic heterocycles. The summed E-state index contributed by atoms with van der Waals surface area (Å²) in [6.07, 6.45) is 6.82. The van der Waals surface area contributed by atoms with Crippen LogP contribution in [0.2, 0.25) is 0 Å². The first-order valence-corrected chi connectivity index (χ1v) is 4.40. The van der Waals surface area contributed by atoms with Gasteiger partial charge in [-0.15, -0.1) is 0 Å². The fourth-order valence-electron chi connectivity index (χ4n) is 0.699. The molecule has 0 saturated heterocycles. The lowest BCUT2D eigenvalue weighted by atomic mass is 10.3. The van der Waals surface area contributed by atoms with Crippen LogP contribution < -0.4 is 0 Å². The molecule has 0 fully saturated rings. The Morgan fingerprint density at radius 3 is 1.88 bits per heavy atom. The minimum Gasteiger partial charge on any atom is -0.497 e. The van der Waals surface area contributed by atoms with Crippen LogP contribution in [0.4, 0.5) is 0 Å². The number of allylic oxidation sites excluding steroid dienone is 3. The van der Waals surface area contributed by atoms with E-state index in [0.29, 0.717) is 5.76 Å². The maximum Gasteiger partial charge on any atom is 0.330 e. The van der Waals surface area contributed by atoms with E-state index in [0.717, 1.165) is 0 Å². The molecule has 0 aromatic rings. The average Bonchev–Trinajstić information content (AvgIpc) is 2.32. The zero-order valence-electron chi connectivity index (χ0n) is 9.43. The Morgan fingerprint density at radius 2 is 1.38 bits per heavy atom. The number of carbonyl (C=O) groups excluding carboxylic acids is 2. The maximum atomic E-state index is 10.8. The summed E-state index contributed by atoms with van der Waals surface area (Å²) in [6, 6.07) is 0. The molecule has 0 N–H and O–H groups in total. The highest BCUT2D eigenvalue weighted by atomic mass is 16.5. The number of ether oxygens (including phenoxy) is 3. The molecule has 5 nitrogen and oxygen atoms in total. The smallest absolute Gasteiger partial charge is 0.330 e. The molecule has 0 amide bonds. The van der Waals surface area contributed by atoms with Crippen LogP contribution >= 0.6 is 0 Å². The molecule has 0 radical (unpaired) electrons. The van der Waals surface area contributed by atoms with Crippen molar-refractivity contribution in [1.29, 1.82) is 0 Å². The third kappa shape index (κ3) is 6.42. The molecular weight excluding hydrogens is 212 g/mol. The lowest BCUT2D eigenvalue weighted by molar-refractivity contribution is -0.135. The van der Waals surface area contributed by atoms with E-state index in [2.05, 4.69) is 9.47 Å². The van der Waals surface area contributed by atoms with E-state index in [1.165, 1.54) is 51.7 Å². The first kappa shape index (κ1) is 14.0. The van der Waals surface area contributed by atoms with E-state index in [4.69, 9.17) is 4.74 Å². The molecule has 0 aliphatic heterocycles. The lowest BCUT2D eigenvalue weighted by Gasteiger charge is -1.97. The van der Waals surface area contributed by atoms with Crippen molar-refractivity contribution < 1.29 is 23.8 Å². The SMILES string of the molecule is COC(=O)C=CC=C(C=CC(=O)OC)OC. The minimum atomic E-state index is -0.486. The van der Waals surface area contributed by atoms with Crippen molar-refractivity contribution in [3.05, 3.63) is 36.1 Å². The molecule has 0 aliphatic carbocycles. The second kappa shape index (κ2) is 8.28. The van der Waals surface area contributed by atoms with Gasteiger partial charge in [-0.2, -0.15) is 0 Å². The van der Waals surface area contributed by atoms with E-state index in [-0.39, 0.29) is 0 Å². The molecule has 0 aliphatic rings. The quantitative estimate of drug-likeness (QED) is 0.302.